The molecule has 0 atom stereocenters. The van der Waals surface area contributed by atoms with Gasteiger partial charge in [0.1, 0.15) is 17.1 Å². The normalized spacial score (nSPS) is 14.5. The first kappa shape index (κ1) is 23.6. The number of benzene rings is 1. The number of hydrogen-bond donors (Lipinski definition) is 2. The summed E-state index contributed by atoms with van der Waals surface area (Å²) >= 11 is 13.3. The van der Waals surface area contributed by atoms with Crippen LogP contribution in [0.25, 0.3) is 22.2 Å². The molecule has 1 aliphatic heterocycles. The highest BCUT2D eigenvalue weighted by Crippen LogP contribution is 2.45. The third-order valence-electron chi connectivity index (χ3n) is 5.74. The molecule has 1 saturated heterocycles. The summed E-state index contributed by atoms with van der Waals surface area (Å²) in [5.41, 5.74) is 0.976. The number of ether oxygens (including phenoxy) is 2. The van der Waals surface area contributed by atoms with Gasteiger partial charge in [0.2, 0.25) is 5.95 Å². The van der Waals surface area contributed by atoms with E-state index < -0.39 is 0 Å². The van der Waals surface area contributed by atoms with Crippen molar-refractivity contribution in [2.45, 2.75) is 6.54 Å². The van der Waals surface area contributed by atoms with Crippen LogP contribution >= 0.6 is 23.2 Å². The van der Waals surface area contributed by atoms with E-state index in [9.17, 15) is 4.79 Å². The molecule has 0 unspecified atom stereocenters. The van der Waals surface area contributed by atoms with Crippen LogP contribution < -0.4 is 25.7 Å². The number of halogens is 2. The van der Waals surface area contributed by atoms with E-state index in [0.29, 0.717) is 52.7 Å². The summed E-state index contributed by atoms with van der Waals surface area (Å²) in [4.78, 5) is 25.0. The third kappa shape index (κ3) is 4.59. The second-order valence-electron chi connectivity index (χ2n) is 7.61. The summed E-state index contributed by atoms with van der Waals surface area (Å²) in [6.45, 7) is 4.87. The Morgan fingerprint density at radius 2 is 1.76 bits per heavy atom. The largest absolute Gasteiger partial charge is 0.495 e. The molecular weight excluding hydrogens is 467 g/mol. The predicted molar refractivity (Wildman–Crippen MR) is 131 cm³/mol. The standard InChI is InChI=1S/C22H26Cl2N6O3/c1-25-22-27-12-13-10-14(17-18(23)15(32-2)11-16(33-3)19(17)24)21(31)30(20(13)28-22)9-8-29-6-4-26-5-7-29/h10-12,26H,4-9H2,1-3H3,(H,25,27,28). The van der Waals surface area contributed by atoms with Gasteiger partial charge in [-0.1, -0.05) is 23.2 Å². The molecule has 0 saturated carbocycles. The third-order valence-corrected chi connectivity index (χ3v) is 6.49. The lowest BCUT2D eigenvalue weighted by molar-refractivity contribution is 0.232. The second-order valence-corrected chi connectivity index (χ2v) is 8.37. The summed E-state index contributed by atoms with van der Waals surface area (Å²) in [6.07, 6.45) is 1.68. The Hall–Kier alpha value is -2.59. The Labute approximate surface area is 201 Å². The highest BCUT2D eigenvalue weighted by molar-refractivity contribution is 6.41. The van der Waals surface area contributed by atoms with Gasteiger partial charge < -0.3 is 20.1 Å². The van der Waals surface area contributed by atoms with Crippen LogP contribution in [0.15, 0.2) is 23.1 Å². The molecule has 0 bridgehead atoms. The van der Waals surface area contributed by atoms with Crippen molar-refractivity contribution in [3.05, 3.63) is 38.7 Å². The maximum atomic E-state index is 13.8. The number of rotatable bonds is 7. The molecule has 3 aromatic rings. The van der Waals surface area contributed by atoms with Crippen LogP contribution in [0, 0.1) is 0 Å². The summed E-state index contributed by atoms with van der Waals surface area (Å²) in [5.74, 6) is 1.16. The van der Waals surface area contributed by atoms with E-state index in [-0.39, 0.29) is 15.6 Å². The Morgan fingerprint density at radius 1 is 1.09 bits per heavy atom. The molecule has 4 rings (SSSR count). The molecule has 2 N–H and O–H groups in total. The Morgan fingerprint density at radius 3 is 2.36 bits per heavy atom. The summed E-state index contributed by atoms with van der Waals surface area (Å²) in [7, 11) is 4.73. The fraction of sp³-hybridized carbons (Fsp3) is 0.409. The Bertz CT molecular complexity index is 1200. The van der Waals surface area contributed by atoms with Crippen LogP contribution in [-0.4, -0.2) is 73.4 Å². The van der Waals surface area contributed by atoms with E-state index in [1.807, 2.05) is 0 Å². The number of anilines is 1. The molecular formula is C22H26Cl2N6O3. The minimum absolute atomic E-state index is 0.237. The Kier molecular flexibility index (Phi) is 7.23. The molecule has 0 spiro atoms. The predicted octanol–water partition coefficient (Wildman–Crippen LogP) is 2.73. The molecule has 0 amide bonds. The maximum Gasteiger partial charge on any atom is 0.260 e. The van der Waals surface area contributed by atoms with E-state index in [1.165, 1.54) is 14.2 Å². The maximum absolute atomic E-state index is 13.8. The van der Waals surface area contributed by atoms with Crippen LogP contribution in [0.3, 0.4) is 0 Å². The first-order valence-electron chi connectivity index (χ1n) is 10.6. The van der Waals surface area contributed by atoms with Gasteiger partial charge in [-0.2, -0.15) is 4.98 Å². The van der Waals surface area contributed by atoms with Gasteiger partial charge in [-0.05, 0) is 6.07 Å². The molecule has 2 aromatic heterocycles. The van der Waals surface area contributed by atoms with Gasteiger partial charge in [0.15, 0.2) is 0 Å². The first-order chi connectivity index (χ1) is 16.0. The molecule has 0 radical (unpaired) electrons. The monoisotopic (exact) mass is 492 g/mol. The number of fused-ring (bicyclic) bond motifs is 1. The molecule has 176 valence electrons. The van der Waals surface area contributed by atoms with Crippen molar-refractivity contribution in [2.24, 2.45) is 0 Å². The highest BCUT2D eigenvalue weighted by Gasteiger charge is 2.23. The van der Waals surface area contributed by atoms with E-state index in [2.05, 4.69) is 25.5 Å². The fourth-order valence-electron chi connectivity index (χ4n) is 3.96. The number of piperazine rings is 1. The lowest BCUT2D eigenvalue weighted by atomic mass is 10.0. The first-order valence-corrected chi connectivity index (χ1v) is 11.4. The van der Waals surface area contributed by atoms with Gasteiger partial charge in [0, 0.05) is 69.5 Å². The minimum atomic E-state index is -0.252. The van der Waals surface area contributed by atoms with Crippen molar-refractivity contribution in [1.29, 1.82) is 0 Å². The van der Waals surface area contributed by atoms with Crippen LogP contribution in [0.2, 0.25) is 10.0 Å². The highest BCUT2D eigenvalue weighted by atomic mass is 35.5. The fourth-order valence-corrected chi connectivity index (χ4v) is 4.67. The van der Waals surface area contributed by atoms with Gasteiger partial charge in [-0.3, -0.25) is 14.3 Å². The van der Waals surface area contributed by atoms with E-state index in [0.717, 1.165) is 26.2 Å². The molecule has 3 heterocycles. The van der Waals surface area contributed by atoms with Crippen molar-refractivity contribution in [2.75, 3.05) is 59.3 Å². The van der Waals surface area contributed by atoms with E-state index in [1.54, 1.807) is 29.9 Å². The zero-order chi connectivity index (χ0) is 23.5. The van der Waals surface area contributed by atoms with Crippen LogP contribution in [0.4, 0.5) is 5.95 Å². The van der Waals surface area contributed by atoms with Gasteiger partial charge in [0.25, 0.3) is 5.56 Å². The smallest absolute Gasteiger partial charge is 0.260 e. The zero-order valence-electron chi connectivity index (χ0n) is 18.7. The molecule has 33 heavy (non-hydrogen) atoms. The van der Waals surface area contributed by atoms with Gasteiger partial charge >= 0.3 is 0 Å². The topological polar surface area (TPSA) is 93.5 Å². The lowest BCUT2D eigenvalue weighted by Gasteiger charge is -2.27. The molecule has 9 nitrogen and oxygen atoms in total. The van der Waals surface area contributed by atoms with Crippen LogP contribution in [-0.2, 0) is 6.54 Å². The van der Waals surface area contributed by atoms with Crippen LogP contribution in [0.5, 0.6) is 11.5 Å². The number of nitrogens with one attached hydrogen (secondary N) is 2. The molecule has 11 heteroatoms. The Balaban J connectivity index is 1.92. The summed E-state index contributed by atoms with van der Waals surface area (Å²) in [5, 5.41) is 7.44. The van der Waals surface area contributed by atoms with Gasteiger partial charge in [-0.25, -0.2) is 4.98 Å². The number of nitrogens with zero attached hydrogens (tertiary/aromatic N) is 4. The summed E-state index contributed by atoms with van der Waals surface area (Å²) < 4.78 is 12.4. The SMILES string of the molecule is CNc1ncc2cc(-c3c(Cl)c(OC)cc(OC)c3Cl)c(=O)n(CCN3CCNCC3)c2n1. The van der Waals surface area contributed by atoms with Crippen molar-refractivity contribution in [3.8, 4) is 22.6 Å². The van der Waals surface area contributed by atoms with Gasteiger partial charge in [0.05, 0.1) is 29.8 Å². The lowest BCUT2D eigenvalue weighted by Crippen LogP contribution is -2.45. The van der Waals surface area contributed by atoms with Crippen molar-refractivity contribution >= 4 is 40.2 Å². The van der Waals surface area contributed by atoms with Crippen molar-refractivity contribution in [1.82, 2.24) is 24.8 Å². The van der Waals surface area contributed by atoms with Crippen molar-refractivity contribution < 1.29 is 9.47 Å². The molecule has 1 fully saturated rings. The number of aromatic nitrogens is 3. The average Bonchev–Trinajstić information content (AvgIpc) is 2.84. The molecule has 0 aliphatic carbocycles. The van der Waals surface area contributed by atoms with Crippen molar-refractivity contribution in [3.63, 3.8) is 0 Å². The zero-order valence-corrected chi connectivity index (χ0v) is 20.3. The van der Waals surface area contributed by atoms with E-state index >= 15 is 0 Å². The number of hydrogen-bond acceptors (Lipinski definition) is 8. The average molecular weight is 493 g/mol. The quantitative estimate of drug-likeness (QED) is 0.519. The summed E-state index contributed by atoms with van der Waals surface area (Å²) in [6, 6.07) is 3.31. The van der Waals surface area contributed by atoms with Crippen LogP contribution in [0.1, 0.15) is 0 Å². The van der Waals surface area contributed by atoms with E-state index in [4.69, 9.17) is 32.7 Å². The second kappa shape index (κ2) is 10.1. The minimum Gasteiger partial charge on any atom is -0.495 e. The number of pyridine rings is 1. The number of methoxy groups -OCH3 is 2. The molecule has 1 aromatic carbocycles. The molecule has 1 aliphatic rings. The van der Waals surface area contributed by atoms with Gasteiger partial charge in [-0.15, -0.1) is 0 Å².